The van der Waals surface area contributed by atoms with E-state index in [2.05, 4.69) is 10.3 Å². The number of rotatable bonds is 9. The zero-order valence-electron chi connectivity index (χ0n) is 24.3. The molecule has 1 aromatic carbocycles. The van der Waals surface area contributed by atoms with Gasteiger partial charge >= 0.3 is 0 Å². The highest BCUT2D eigenvalue weighted by atomic mass is 35.5. The molecule has 3 aromatic rings. The molecule has 3 heterocycles. The van der Waals surface area contributed by atoms with Crippen LogP contribution in [0.5, 0.6) is 11.5 Å². The first-order valence-electron chi connectivity index (χ1n) is 13.6. The number of carbonyl (C=O) groups is 1. The van der Waals surface area contributed by atoms with Gasteiger partial charge in [0.25, 0.3) is 5.56 Å². The first kappa shape index (κ1) is 30.7. The van der Waals surface area contributed by atoms with Gasteiger partial charge < -0.3 is 29.2 Å². The maximum Gasteiger partial charge on any atom is 0.259 e. The summed E-state index contributed by atoms with van der Waals surface area (Å²) in [6.45, 7) is 5.82. The van der Waals surface area contributed by atoms with Gasteiger partial charge in [-0.2, -0.15) is 0 Å². The minimum atomic E-state index is -0.242. The molecule has 1 aliphatic rings. The molecule has 1 saturated heterocycles. The molecule has 1 aliphatic heterocycles. The molecular weight excluding hydrogens is 565 g/mol. The van der Waals surface area contributed by atoms with Gasteiger partial charge in [-0.1, -0.05) is 29.3 Å². The highest BCUT2D eigenvalue weighted by Crippen LogP contribution is 2.45. The van der Waals surface area contributed by atoms with Crippen LogP contribution in [0.1, 0.15) is 32.7 Å². The minimum absolute atomic E-state index is 0.0223. The average Bonchev–Trinajstić information content (AvgIpc) is 2.93. The summed E-state index contributed by atoms with van der Waals surface area (Å²) in [6.07, 6.45) is 6.46. The number of piperidine rings is 1. The van der Waals surface area contributed by atoms with Crippen molar-refractivity contribution in [2.75, 3.05) is 53.3 Å². The molecule has 11 heteroatoms. The normalized spacial score (nSPS) is 14.4. The van der Waals surface area contributed by atoms with E-state index in [4.69, 9.17) is 32.7 Å². The summed E-state index contributed by atoms with van der Waals surface area (Å²) in [7, 11) is 6.90. The number of nitrogens with one attached hydrogen (secondary N) is 1. The number of fused-ring (bicyclic) bond motifs is 1. The summed E-state index contributed by atoms with van der Waals surface area (Å²) >= 11 is 13.5. The van der Waals surface area contributed by atoms with Crippen molar-refractivity contribution in [3.05, 3.63) is 56.9 Å². The highest BCUT2D eigenvalue weighted by Gasteiger charge is 2.28. The summed E-state index contributed by atoms with van der Waals surface area (Å²) in [5, 5.41) is 4.52. The lowest BCUT2D eigenvalue weighted by atomic mass is 10.00. The zero-order valence-corrected chi connectivity index (χ0v) is 25.8. The molecule has 0 unspecified atom stereocenters. The number of amides is 1. The van der Waals surface area contributed by atoms with E-state index < -0.39 is 0 Å². The van der Waals surface area contributed by atoms with Crippen molar-refractivity contribution in [3.63, 3.8) is 0 Å². The van der Waals surface area contributed by atoms with Gasteiger partial charge in [-0.25, -0.2) is 4.98 Å². The fourth-order valence-corrected chi connectivity index (χ4v) is 5.79. The number of ether oxygens (including phenoxy) is 2. The van der Waals surface area contributed by atoms with Crippen molar-refractivity contribution in [1.82, 2.24) is 19.4 Å². The molecule has 0 spiro atoms. The topological polar surface area (TPSA) is 88.9 Å². The smallest absolute Gasteiger partial charge is 0.259 e. The van der Waals surface area contributed by atoms with E-state index in [0.717, 1.165) is 10.9 Å². The van der Waals surface area contributed by atoms with Gasteiger partial charge in [0, 0.05) is 67.1 Å². The number of nitrogens with zero attached hydrogens (tertiary/aromatic N) is 4. The zero-order chi connectivity index (χ0) is 29.8. The van der Waals surface area contributed by atoms with E-state index in [1.54, 1.807) is 29.0 Å². The number of hydrogen-bond donors (Lipinski definition) is 1. The number of aromatic nitrogens is 2. The molecule has 0 atom stereocenters. The van der Waals surface area contributed by atoms with Gasteiger partial charge in [0.2, 0.25) is 5.91 Å². The Kier molecular flexibility index (Phi) is 9.84. The van der Waals surface area contributed by atoms with Crippen LogP contribution in [0.15, 0.2) is 41.3 Å². The minimum Gasteiger partial charge on any atom is -0.495 e. The quantitative estimate of drug-likeness (QED) is 0.324. The molecule has 2 aromatic heterocycles. The van der Waals surface area contributed by atoms with Crippen LogP contribution in [-0.4, -0.2) is 79.2 Å². The van der Waals surface area contributed by atoms with Crippen LogP contribution in [0.4, 0.5) is 5.82 Å². The molecule has 9 nitrogen and oxygen atoms in total. The Morgan fingerprint density at radius 3 is 2.32 bits per heavy atom. The van der Waals surface area contributed by atoms with E-state index in [-0.39, 0.29) is 33.6 Å². The number of pyridine rings is 2. The maximum atomic E-state index is 14.4. The Balaban J connectivity index is 1.83. The summed E-state index contributed by atoms with van der Waals surface area (Å²) in [4.78, 5) is 35.5. The number of likely N-dealkylation sites (tertiary alicyclic amines) is 1. The van der Waals surface area contributed by atoms with Crippen LogP contribution in [0.2, 0.25) is 10.0 Å². The van der Waals surface area contributed by atoms with Gasteiger partial charge in [0.05, 0.1) is 35.3 Å². The molecule has 0 aliphatic carbocycles. The lowest BCUT2D eigenvalue weighted by molar-refractivity contribution is -0.127. The summed E-state index contributed by atoms with van der Waals surface area (Å²) in [6, 6.07) is 5.27. The number of halogens is 2. The largest absolute Gasteiger partial charge is 0.495 e. The molecule has 220 valence electrons. The fraction of sp³-hybridized carbons (Fsp3) is 0.433. The van der Waals surface area contributed by atoms with Crippen LogP contribution < -0.4 is 20.3 Å². The van der Waals surface area contributed by atoms with E-state index in [1.807, 2.05) is 49.9 Å². The lowest BCUT2D eigenvalue weighted by Crippen LogP contribution is -2.40. The Morgan fingerprint density at radius 1 is 1.12 bits per heavy atom. The number of anilines is 1. The SMILES string of the molecule is COc1cc(OC)c(Cl)c(-c2cc3cnc(NC(C)C)cc3n(C3CCN(C(=O)/C=C/CN(C)C)CC3)c2=O)c1Cl. The third-order valence-electron chi connectivity index (χ3n) is 7.07. The van der Waals surface area contributed by atoms with Crippen LogP contribution in [-0.2, 0) is 4.79 Å². The van der Waals surface area contributed by atoms with Crippen molar-refractivity contribution >= 4 is 45.8 Å². The standard InChI is InChI=1S/C30H37Cl2N5O4/c1-18(2)34-25-15-22-19(17-33-25)14-21(27-28(31)23(40-5)16-24(41-6)29(27)32)30(39)37(22)20-9-12-36(13-10-20)26(38)8-7-11-35(3)4/h7-8,14-18,20H,9-13H2,1-6H3,(H,33,34)/b8-7+. The number of methoxy groups -OCH3 is 2. The number of carbonyl (C=O) groups excluding carboxylic acids is 1. The van der Waals surface area contributed by atoms with Gasteiger partial charge in [0.1, 0.15) is 17.3 Å². The highest BCUT2D eigenvalue weighted by molar-refractivity contribution is 6.41. The third kappa shape index (κ3) is 6.63. The Morgan fingerprint density at radius 2 is 1.76 bits per heavy atom. The molecule has 41 heavy (non-hydrogen) atoms. The lowest BCUT2D eigenvalue weighted by Gasteiger charge is -2.33. The monoisotopic (exact) mass is 601 g/mol. The predicted molar refractivity (Wildman–Crippen MR) is 166 cm³/mol. The van der Waals surface area contributed by atoms with Crippen LogP contribution in [0, 0.1) is 0 Å². The van der Waals surface area contributed by atoms with Gasteiger partial charge in [-0.3, -0.25) is 9.59 Å². The molecule has 0 radical (unpaired) electrons. The first-order valence-corrected chi connectivity index (χ1v) is 14.3. The Bertz CT molecular complexity index is 1480. The van der Waals surface area contributed by atoms with Crippen molar-refractivity contribution in [2.24, 2.45) is 0 Å². The third-order valence-corrected chi connectivity index (χ3v) is 7.82. The second kappa shape index (κ2) is 13.1. The van der Waals surface area contributed by atoms with Crippen molar-refractivity contribution in [1.29, 1.82) is 0 Å². The van der Waals surface area contributed by atoms with Crippen LogP contribution in [0.25, 0.3) is 22.0 Å². The van der Waals surface area contributed by atoms with Gasteiger partial charge in [-0.15, -0.1) is 0 Å². The molecule has 1 amide bonds. The van der Waals surface area contributed by atoms with E-state index in [0.29, 0.717) is 60.9 Å². The van der Waals surface area contributed by atoms with Crippen molar-refractivity contribution in [2.45, 2.75) is 38.8 Å². The Hall–Kier alpha value is -3.27. The summed E-state index contributed by atoms with van der Waals surface area (Å²) in [5.41, 5.74) is 1.16. The van der Waals surface area contributed by atoms with E-state index in [9.17, 15) is 9.59 Å². The van der Waals surface area contributed by atoms with Gasteiger partial charge in [0.15, 0.2) is 0 Å². The number of hydrogen-bond acceptors (Lipinski definition) is 7. The number of benzene rings is 1. The molecule has 0 saturated carbocycles. The average molecular weight is 603 g/mol. The molecule has 1 N–H and O–H groups in total. The predicted octanol–water partition coefficient (Wildman–Crippen LogP) is 5.49. The second-order valence-electron chi connectivity index (χ2n) is 10.7. The number of likely N-dealkylation sites (N-methyl/N-ethyl adjacent to an activating group) is 1. The fourth-order valence-electron chi connectivity index (χ4n) is 5.08. The van der Waals surface area contributed by atoms with Crippen molar-refractivity contribution in [3.8, 4) is 22.6 Å². The molecule has 0 bridgehead atoms. The Labute approximate surface area is 250 Å². The summed E-state index contributed by atoms with van der Waals surface area (Å²) < 4.78 is 12.7. The second-order valence-corrected chi connectivity index (χ2v) is 11.4. The summed E-state index contributed by atoms with van der Waals surface area (Å²) in [5.74, 6) is 1.34. The van der Waals surface area contributed by atoms with Gasteiger partial charge in [-0.05, 0) is 46.9 Å². The molecule has 1 fully saturated rings. The molecule has 4 rings (SSSR count). The van der Waals surface area contributed by atoms with E-state index >= 15 is 0 Å². The van der Waals surface area contributed by atoms with Crippen molar-refractivity contribution < 1.29 is 14.3 Å². The maximum absolute atomic E-state index is 14.4. The van der Waals surface area contributed by atoms with Crippen LogP contribution >= 0.6 is 23.2 Å². The van der Waals surface area contributed by atoms with E-state index in [1.165, 1.54) is 14.2 Å². The molecular formula is C30H37Cl2N5O4. The van der Waals surface area contributed by atoms with Crippen LogP contribution in [0.3, 0.4) is 0 Å². The first-order chi connectivity index (χ1) is 19.5.